The van der Waals surface area contributed by atoms with Gasteiger partial charge in [0.25, 0.3) is 5.92 Å². The Bertz CT molecular complexity index is 2030. The average Bonchev–Trinajstić information content (AvgIpc) is 3.34. The first-order valence-corrected chi connectivity index (χ1v) is 15.4. The van der Waals surface area contributed by atoms with Crippen molar-refractivity contribution in [2.75, 3.05) is 25.1 Å². The fraction of sp³-hybridized carbons (Fsp3) is 0.324. The average molecular weight is 738 g/mol. The lowest BCUT2D eigenvalue weighted by molar-refractivity contribution is -0.143. The topological polar surface area (TPSA) is 118 Å². The summed E-state index contributed by atoms with van der Waals surface area (Å²) in [6.45, 7) is 1.22. The predicted octanol–water partition coefficient (Wildman–Crippen LogP) is 7.80. The highest BCUT2D eigenvalue weighted by Gasteiger charge is 2.46. The minimum Gasteiger partial charge on any atom is -0.481 e. The van der Waals surface area contributed by atoms with Gasteiger partial charge in [0.15, 0.2) is 0 Å². The SMILES string of the molecule is COc1ncc(-c2ccc(C(=O)O)cc2C)cc1-c1cnc(N2CC(F)(F)C2)nc1CN1C(=O)OC(c2cc(C(F)(F)F)cc(C(F)(F)F)c2)C1C. The Balaban J connectivity index is 1.42. The molecule has 0 bridgehead atoms. The molecule has 0 radical (unpaired) electrons. The van der Waals surface area contributed by atoms with Gasteiger partial charge in [0, 0.05) is 29.1 Å². The van der Waals surface area contributed by atoms with E-state index in [1.165, 1.54) is 43.5 Å². The van der Waals surface area contributed by atoms with Gasteiger partial charge < -0.3 is 19.5 Å². The highest BCUT2D eigenvalue weighted by molar-refractivity contribution is 5.89. The zero-order chi connectivity index (χ0) is 37.9. The molecular formula is C34H27F8N5O5. The number of aryl methyl sites for hydroxylation is 1. The molecule has 10 nitrogen and oxygen atoms in total. The third kappa shape index (κ3) is 7.01. The van der Waals surface area contributed by atoms with Crippen molar-refractivity contribution < 1.29 is 59.3 Å². The van der Waals surface area contributed by atoms with Gasteiger partial charge in [0.05, 0.1) is 55.2 Å². The quantitative estimate of drug-likeness (QED) is 0.181. The number of nitrogens with zero attached hydrogens (tertiary/aromatic N) is 5. The van der Waals surface area contributed by atoms with E-state index < -0.39 is 78.8 Å². The molecule has 0 aliphatic carbocycles. The molecule has 2 aromatic carbocycles. The maximum Gasteiger partial charge on any atom is 0.416 e. The van der Waals surface area contributed by atoms with Gasteiger partial charge in [-0.3, -0.25) is 4.90 Å². The van der Waals surface area contributed by atoms with Crippen molar-refractivity contribution in [2.45, 2.75) is 50.8 Å². The van der Waals surface area contributed by atoms with E-state index in [0.29, 0.717) is 28.8 Å². The Morgan fingerprint density at radius 2 is 1.62 bits per heavy atom. The van der Waals surface area contributed by atoms with Crippen molar-refractivity contribution in [1.29, 1.82) is 0 Å². The van der Waals surface area contributed by atoms with E-state index in [9.17, 15) is 49.8 Å². The minimum atomic E-state index is -5.14. The number of methoxy groups -OCH3 is 1. The van der Waals surface area contributed by atoms with Crippen molar-refractivity contribution >= 4 is 18.0 Å². The first-order valence-electron chi connectivity index (χ1n) is 15.4. The molecule has 2 aliphatic rings. The number of cyclic esters (lactones) is 1. The molecule has 2 unspecified atom stereocenters. The number of carbonyl (C=O) groups excluding carboxylic acids is 1. The van der Waals surface area contributed by atoms with Gasteiger partial charge in [-0.2, -0.15) is 26.3 Å². The zero-order valence-corrected chi connectivity index (χ0v) is 27.3. The van der Waals surface area contributed by atoms with Crippen LogP contribution in [0.2, 0.25) is 0 Å². The van der Waals surface area contributed by atoms with Crippen molar-refractivity contribution in [3.63, 3.8) is 0 Å². The standard InChI is InChI=1S/C34H27F8N5O5/c1-16-6-18(29(48)49)4-5-23(16)20-9-24(28(51-3)43-11-20)25-12-44-30(46-14-32(35,36)15-46)45-26(25)13-47-17(2)27(52-31(47)50)19-7-21(33(37,38)39)10-22(8-19)34(40,41)42/h4-12,17,27H,13-15H2,1-3H3,(H,48,49). The van der Waals surface area contributed by atoms with Crippen molar-refractivity contribution in [3.05, 3.63) is 88.4 Å². The Labute approximate surface area is 289 Å². The maximum absolute atomic E-state index is 13.8. The lowest BCUT2D eigenvalue weighted by atomic mass is 9.96. The molecule has 6 rings (SSSR count). The predicted molar refractivity (Wildman–Crippen MR) is 167 cm³/mol. The van der Waals surface area contributed by atoms with Gasteiger partial charge in [-0.25, -0.2) is 33.3 Å². The van der Waals surface area contributed by atoms with E-state index in [0.717, 1.165) is 4.90 Å². The van der Waals surface area contributed by atoms with Gasteiger partial charge in [-0.05, 0) is 66.9 Å². The molecule has 4 aromatic rings. The summed E-state index contributed by atoms with van der Waals surface area (Å²) < 4.78 is 120. The van der Waals surface area contributed by atoms with Crippen LogP contribution in [0.15, 0.2) is 54.9 Å². The molecule has 0 spiro atoms. The molecule has 2 aliphatic heterocycles. The number of anilines is 1. The van der Waals surface area contributed by atoms with E-state index in [1.807, 2.05) is 0 Å². The van der Waals surface area contributed by atoms with Gasteiger partial charge in [-0.15, -0.1) is 0 Å². The Morgan fingerprint density at radius 1 is 0.962 bits per heavy atom. The molecule has 2 aromatic heterocycles. The van der Waals surface area contributed by atoms with Crippen LogP contribution in [0.4, 0.5) is 45.9 Å². The number of rotatable bonds is 8. The van der Waals surface area contributed by atoms with Crippen molar-refractivity contribution in [3.8, 4) is 28.1 Å². The number of carboxylic acid groups (broad SMARTS) is 1. The van der Waals surface area contributed by atoms with Crippen LogP contribution in [-0.4, -0.2) is 69.2 Å². The van der Waals surface area contributed by atoms with E-state index in [2.05, 4.69) is 15.0 Å². The summed E-state index contributed by atoms with van der Waals surface area (Å²) in [5, 5.41) is 9.38. The second-order valence-corrected chi connectivity index (χ2v) is 12.4. The fourth-order valence-corrected chi connectivity index (χ4v) is 6.10. The number of hydrogen-bond donors (Lipinski definition) is 1. The minimum absolute atomic E-state index is 0.0335. The number of amides is 1. The number of aromatic nitrogens is 3. The largest absolute Gasteiger partial charge is 0.481 e. The molecule has 0 saturated carbocycles. The molecule has 2 fully saturated rings. The van der Waals surface area contributed by atoms with E-state index >= 15 is 0 Å². The van der Waals surface area contributed by atoms with E-state index in [4.69, 9.17) is 9.47 Å². The molecule has 2 atom stereocenters. The summed E-state index contributed by atoms with van der Waals surface area (Å²) in [6.07, 6.45) is -10.2. The fourth-order valence-electron chi connectivity index (χ4n) is 6.10. The van der Waals surface area contributed by atoms with Crippen molar-refractivity contribution in [2.24, 2.45) is 0 Å². The molecule has 1 N–H and O–H groups in total. The van der Waals surface area contributed by atoms with Crippen LogP contribution < -0.4 is 9.64 Å². The number of benzene rings is 2. The van der Waals surface area contributed by atoms with Crippen LogP contribution in [0.1, 0.15) is 51.3 Å². The van der Waals surface area contributed by atoms with Crippen LogP contribution in [0.25, 0.3) is 22.3 Å². The number of halogens is 8. The highest BCUT2D eigenvalue weighted by atomic mass is 19.4. The summed E-state index contributed by atoms with van der Waals surface area (Å²) in [4.78, 5) is 40.1. The molecule has 52 heavy (non-hydrogen) atoms. The first kappa shape index (κ1) is 36.2. The maximum atomic E-state index is 13.8. The summed E-state index contributed by atoms with van der Waals surface area (Å²) >= 11 is 0. The van der Waals surface area contributed by atoms with Gasteiger partial charge in [-0.1, -0.05) is 6.07 Å². The second-order valence-electron chi connectivity index (χ2n) is 12.4. The molecule has 274 valence electrons. The van der Waals surface area contributed by atoms with Crippen LogP contribution >= 0.6 is 0 Å². The molecule has 4 heterocycles. The number of hydrogen-bond acceptors (Lipinski definition) is 8. The number of pyridine rings is 1. The monoisotopic (exact) mass is 737 g/mol. The summed E-state index contributed by atoms with van der Waals surface area (Å²) in [5.74, 6) is -4.21. The lowest BCUT2D eigenvalue weighted by Gasteiger charge is -2.38. The number of ether oxygens (including phenoxy) is 2. The van der Waals surface area contributed by atoms with Crippen LogP contribution in [0, 0.1) is 6.92 Å². The molecule has 1 amide bonds. The van der Waals surface area contributed by atoms with Crippen molar-refractivity contribution in [1.82, 2.24) is 19.9 Å². The number of alkyl halides is 8. The van der Waals surface area contributed by atoms with E-state index in [-0.39, 0.29) is 40.3 Å². The number of aromatic carboxylic acids is 1. The Morgan fingerprint density at radius 3 is 2.17 bits per heavy atom. The zero-order valence-electron chi connectivity index (χ0n) is 27.3. The summed E-state index contributed by atoms with van der Waals surface area (Å²) in [5.41, 5.74) is -1.46. The first-order chi connectivity index (χ1) is 24.3. The van der Waals surface area contributed by atoms with Crippen LogP contribution in [0.5, 0.6) is 5.88 Å². The third-order valence-corrected chi connectivity index (χ3v) is 8.75. The van der Waals surface area contributed by atoms with Crippen LogP contribution in [-0.2, 0) is 23.6 Å². The normalized spacial score (nSPS) is 18.6. The number of carbonyl (C=O) groups is 2. The van der Waals surface area contributed by atoms with Crippen LogP contribution in [0.3, 0.4) is 0 Å². The highest BCUT2D eigenvalue weighted by Crippen LogP contribution is 2.42. The van der Waals surface area contributed by atoms with Gasteiger partial charge in [0.2, 0.25) is 11.8 Å². The molecular weight excluding hydrogens is 710 g/mol. The summed E-state index contributed by atoms with van der Waals surface area (Å²) in [7, 11) is 1.32. The molecule has 2 saturated heterocycles. The Hall–Kier alpha value is -5.55. The smallest absolute Gasteiger partial charge is 0.416 e. The summed E-state index contributed by atoms with van der Waals surface area (Å²) in [6, 6.07) is 5.87. The molecule has 18 heteroatoms. The van der Waals surface area contributed by atoms with E-state index in [1.54, 1.807) is 19.1 Å². The third-order valence-electron chi connectivity index (χ3n) is 8.75. The number of carboxylic acids is 1. The Kier molecular flexibility index (Phi) is 8.99. The van der Waals surface area contributed by atoms with Gasteiger partial charge >= 0.3 is 24.4 Å². The lowest BCUT2D eigenvalue weighted by Crippen LogP contribution is -2.57. The van der Waals surface area contributed by atoms with Gasteiger partial charge in [0.1, 0.15) is 6.10 Å². The second kappa shape index (κ2) is 12.9.